The number of carboxylic acid groups (broad SMARTS) is 1. The van der Waals surface area contributed by atoms with Crippen LogP contribution < -0.4 is 16.5 Å². The van der Waals surface area contributed by atoms with Gasteiger partial charge in [-0.25, -0.2) is 14.7 Å². The largest absolute Gasteiger partial charge is 0.505 e. The first-order chi connectivity index (χ1) is 16.6. The zero-order valence-electron chi connectivity index (χ0n) is 19.9. The number of H-pyrrole nitrogens is 1. The molecule has 4 aromatic rings. The molecule has 9 heteroatoms. The standard InChI is InChI=1S/C26H27N5O4/c1-26(2,3)18-11-13-19(14-12-18)31-24(33)23(30(4)29-31)28-27-21-10-6-9-20(22(21)32)16-7-5-8-17(15-16)25(34)35/h5-15,27,29,32H,1-4H3,(H,34,35)/b28-23+. The number of aromatic nitrogens is 3. The normalized spacial score (nSPS) is 12.1. The van der Waals surface area contributed by atoms with Gasteiger partial charge in [0.15, 0.2) is 0 Å². The van der Waals surface area contributed by atoms with Crippen LogP contribution in [0.5, 0.6) is 5.75 Å². The molecular formula is C26H27N5O4. The van der Waals surface area contributed by atoms with Crippen molar-refractivity contribution in [1.29, 1.82) is 0 Å². The van der Waals surface area contributed by atoms with Crippen molar-refractivity contribution in [3.05, 3.63) is 93.7 Å². The van der Waals surface area contributed by atoms with Crippen molar-refractivity contribution in [1.82, 2.24) is 14.6 Å². The van der Waals surface area contributed by atoms with Gasteiger partial charge in [0.1, 0.15) is 5.75 Å². The number of phenolic OH excluding ortho intramolecular Hbond substituents is 1. The number of nitrogens with zero attached hydrogens (tertiary/aromatic N) is 3. The second-order valence-electron chi connectivity index (χ2n) is 9.23. The van der Waals surface area contributed by atoms with E-state index in [-0.39, 0.29) is 33.5 Å². The lowest BCUT2D eigenvalue weighted by Crippen LogP contribution is -2.32. The van der Waals surface area contributed by atoms with Crippen LogP contribution in [0.25, 0.3) is 16.8 Å². The van der Waals surface area contributed by atoms with Crippen LogP contribution in [-0.2, 0) is 12.5 Å². The monoisotopic (exact) mass is 473 g/mol. The van der Waals surface area contributed by atoms with Gasteiger partial charge in [-0.3, -0.25) is 14.9 Å². The lowest BCUT2D eigenvalue weighted by molar-refractivity contribution is 0.0697. The summed E-state index contributed by atoms with van der Waals surface area (Å²) in [6, 6.07) is 19.0. The third-order valence-corrected chi connectivity index (χ3v) is 5.69. The predicted molar refractivity (Wildman–Crippen MR) is 134 cm³/mol. The third-order valence-electron chi connectivity index (χ3n) is 5.69. The van der Waals surface area contributed by atoms with Gasteiger partial charge in [-0.2, -0.15) is 0 Å². The van der Waals surface area contributed by atoms with Gasteiger partial charge in [0.25, 0.3) is 0 Å². The van der Waals surface area contributed by atoms with Crippen molar-refractivity contribution in [2.24, 2.45) is 12.1 Å². The molecule has 35 heavy (non-hydrogen) atoms. The Labute approximate surface area is 201 Å². The van der Waals surface area contributed by atoms with Crippen molar-refractivity contribution in [2.45, 2.75) is 26.2 Å². The van der Waals surface area contributed by atoms with E-state index in [1.807, 2.05) is 24.3 Å². The first-order valence-electron chi connectivity index (χ1n) is 11.0. The molecule has 0 radical (unpaired) electrons. The van der Waals surface area contributed by atoms with Crippen LogP contribution in [0.3, 0.4) is 0 Å². The van der Waals surface area contributed by atoms with Crippen molar-refractivity contribution in [3.63, 3.8) is 0 Å². The smallest absolute Gasteiger partial charge is 0.335 e. The molecular weight excluding hydrogens is 446 g/mol. The van der Waals surface area contributed by atoms with Gasteiger partial charge < -0.3 is 10.2 Å². The zero-order chi connectivity index (χ0) is 25.3. The van der Waals surface area contributed by atoms with Crippen LogP contribution in [0.1, 0.15) is 36.7 Å². The number of benzene rings is 3. The van der Waals surface area contributed by atoms with Crippen molar-refractivity contribution >= 4 is 11.7 Å². The van der Waals surface area contributed by atoms with E-state index in [0.29, 0.717) is 16.8 Å². The number of aromatic amines is 1. The fourth-order valence-corrected chi connectivity index (χ4v) is 3.69. The second kappa shape index (κ2) is 9.02. The highest BCUT2D eigenvalue weighted by Crippen LogP contribution is 2.35. The molecule has 4 rings (SSSR count). The Balaban J connectivity index is 1.67. The topological polar surface area (TPSA) is 125 Å². The van der Waals surface area contributed by atoms with E-state index in [2.05, 4.69) is 36.5 Å². The van der Waals surface area contributed by atoms with E-state index in [1.165, 1.54) is 21.5 Å². The third kappa shape index (κ3) is 4.74. The maximum atomic E-state index is 13.0. The fraction of sp³-hybridized carbons (Fsp3) is 0.192. The quantitative estimate of drug-likeness (QED) is 0.259. The van der Waals surface area contributed by atoms with Crippen molar-refractivity contribution in [2.75, 3.05) is 5.43 Å². The average Bonchev–Trinajstić information content (AvgIpc) is 3.11. The minimum Gasteiger partial charge on any atom is -0.505 e. The molecule has 0 saturated carbocycles. The van der Waals surface area contributed by atoms with Gasteiger partial charge in [0, 0.05) is 12.6 Å². The van der Waals surface area contributed by atoms with E-state index < -0.39 is 5.97 Å². The number of nitrogens with one attached hydrogen (secondary N) is 2. The lowest BCUT2D eigenvalue weighted by Gasteiger charge is -2.19. The Kier molecular flexibility index (Phi) is 6.09. The van der Waals surface area contributed by atoms with Gasteiger partial charge in [-0.1, -0.05) is 57.2 Å². The summed E-state index contributed by atoms with van der Waals surface area (Å²) in [4.78, 5) is 24.3. The molecule has 180 valence electrons. The Morgan fingerprint density at radius 3 is 2.37 bits per heavy atom. The molecule has 0 aliphatic carbocycles. The molecule has 0 fully saturated rings. The first kappa shape index (κ1) is 23.6. The van der Waals surface area contributed by atoms with Crippen molar-refractivity contribution in [3.8, 4) is 22.6 Å². The number of carboxylic acids is 1. The number of hydrogen-bond donors (Lipinski definition) is 4. The minimum absolute atomic E-state index is 0.000210. The maximum Gasteiger partial charge on any atom is 0.335 e. The molecule has 1 aromatic heterocycles. The Morgan fingerprint density at radius 1 is 1.03 bits per heavy atom. The summed E-state index contributed by atoms with van der Waals surface area (Å²) in [7, 11) is 1.66. The highest BCUT2D eigenvalue weighted by molar-refractivity contribution is 5.90. The highest BCUT2D eigenvalue weighted by Gasteiger charge is 2.15. The molecule has 4 N–H and O–H groups in total. The van der Waals surface area contributed by atoms with Gasteiger partial charge in [0.2, 0.25) is 5.49 Å². The summed E-state index contributed by atoms with van der Waals surface area (Å²) in [5, 5.41) is 27.2. The number of para-hydroxylation sites is 1. The Hall–Kier alpha value is -4.53. The predicted octanol–water partition coefficient (Wildman–Crippen LogP) is 3.80. The summed E-state index contributed by atoms with van der Waals surface area (Å²) >= 11 is 0. The maximum absolute atomic E-state index is 13.0. The number of anilines is 1. The SMILES string of the molecule is Cn1[nH]n(-c2ccc(C(C)(C)C)cc2)c(=O)/c1=N\Nc1cccc(-c2cccc(C(=O)O)c2)c1O. The number of hydrogen-bond acceptors (Lipinski definition) is 5. The van der Waals surface area contributed by atoms with Gasteiger partial charge >= 0.3 is 11.5 Å². The number of aryl methyl sites for hydroxylation is 1. The molecule has 0 saturated heterocycles. The van der Waals surface area contributed by atoms with Crippen LogP contribution >= 0.6 is 0 Å². The van der Waals surface area contributed by atoms with E-state index in [4.69, 9.17) is 0 Å². The minimum atomic E-state index is -1.06. The van der Waals surface area contributed by atoms with Gasteiger partial charge in [-0.05, 0) is 46.9 Å². The molecule has 0 spiro atoms. The average molecular weight is 474 g/mol. The molecule has 0 aliphatic rings. The Bertz CT molecular complexity index is 1520. The van der Waals surface area contributed by atoms with Crippen LogP contribution in [0.4, 0.5) is 5.69 Å². The molecule has 0 atom stereocenters. The zero-order valence-corrected chi connectivity index (χ0v) is 19.9. The Morgan fingerprint density at radius 2 is 1.71 bits per heavy atom. The number of aromatic hydroxyl groups is 1. The molecule has 9 nitrogen and oxygen atoms in total. The number of rotatable bonds is 5. The van der Waals surface area contributed by atoms with E-state index in [9.17, 15) is 19.8 Å². The van der Waals surface area contributed by atoms with E-state index in [0.717, 1.165) is 5.56 Å². The summed E-state index contributed by atoms with van der Waals surface area (Å²) in [5.41, 5.74) is 5.67. The van der Waals surface area contributed by atoms with Gasteiger partial charge in [0.05, 0.1) is 16.9 Å². The molecule has 1 heterocycles. The van der Waals surface area contributed by atoms with Crippen LogP contribution in [0.15, 0.2) is 76.6 Å². The van der Waals surface area contributed by atoms with Gasteiger partial charge in [-0.15, -0.1) is 5.10 Å². The summed E-state index contributed by atoms with van der Waals surface area (Å²) in [6.45, 7) is 6.37. The lowest BCUT2D eigenvalue weighted by atomic mass is 9.87. The summed E-state index contributed by atoms with van der Waals surface area (Å²) < 4.78 is 2.87. The van der Waals surface area contributed by atoms with E-state index >= 15 is 0 Å². The molecule has 0 unspecified atom stereocenters. The van der Waals surface area contributed by atoms with Crippen LogP contribution in [0.2, 0.25) is 0 Å². The van der Waals surface area contributed by atoms with Crippen molar-refractivity contribution < 1.29 is 15.0 Å². The molecule has 0 aliphatic heterocycles. The second-order valence-corrected chi connectivity index (χ2v) is 9.23. The summed E-state index contributed by atoms with van der Waals surface area (Å²) in [6.07, 6.45) is 0. The first-order valence-corrected chi connectivity index (χ1v) is 11.0. The number of aromatic carboxylic acids is 1. The van der Waals surface area contributed by atoms with E-state index in [1.54, 1.807) is 37.4 Å². The number of carbonyl (C=O) groups is 1. The van der Waals surface area contributed by atoms with Crippen LogP contribution in [0, 0.1) is 0 Å². The molecule has 3 aromatic carbocycles. The number of phenols is 1. The fourth-order valence-electron chi connectivity index (χ4n) is 3.69. The molecule has 0 amide bonds. The highest BCUT2D eigenvalue weighted by atomic mass is 16.4. The summed E-state index contributed by atoms with van der Waals surface area (Å²) in [5.74, 6) is -1.17. The van der Waals surface area contributed by atoms with Crippen LogP contribution in [-0.4, -0.2) is 30.8 Å². The molecule has 0 bridgehead atoms.